The monoisotopic (exact) mass is 294 g/mol. The molecule has 1 fully saturated rings. The zero-order chi connectivity index (χ0) is 15.7. The third-order valence-electron chi connectivity index (χ3n) is 4.08. The summed E-state index contributed by atoms with van der Waals surface area (Å²) in [5.74, 6) is -0.601. The van der Waals surface area contributed by atoms with E-state index in [4.69, 9.17) is 0 Å². The number of halogens is 1. The minimum atomic E-state index is -0.670. The van der Waals surface area contributed by atoms with Crippen molar-refractivity contribution >= 4 is 11.6 Å². The van der Waals surface area contributed by atoms with Gasteiger partial charge in [-0.2, -0.15) is 0 Å². The molecule has 2 atom stereocenters. The molecule has 0 saturated carbocycles. The van der Waals surface area contributed by atoms with Crippen molar-refractivity contribution in [1.82, 2.24) is 4.90 Å². The summed E-state index contributed by atoms with van der Waals surface area (Å²) in [6.45, 7) is 6.04. The summed E-state index contributed by atoms with van der Waals surface area (Å²) in [5.41, 5.74) is -0.344. The molecule has 114 valence electrons. The first-order valence-corrected chi connectivity index (χ1v) is 7.06. The van der Waals surface area contributed by atoms with E-state index in [1.807, 2.05) is 6.92 Å². The Balaban J connectivity index is 2.37. The largest absolute Gasteiger partial charge is 0.336 e. The highest BCUT2D eigenvalue weighted by Crippen LogP contribution is 2.27. The number of hydrogen-bond donors (Lipinski definition) is 0. The Morgan fingerprint density at radius 3 is 2.67 bits per heavy atom. The van der Waals surface area contributed by atoms with E-state index < -0.39 is 16.6 Å². The number of rotatable bonds is 2. The van der Waals surface area contributed by atoms with Gasteiger partial charge in [-0.15, -0.1) is 0 Å². The third kappa shape index (κ3) is 3.04. The Bertz CT molecular complexity index is 589. The van der Waals surface area contributed by atoms with Crippen molar-refractivity contribution in [2.75, 3.05) is 6.54 Å². The molecule has 5 nitrogen and oxygen atoms in total. The minimum Gasteiger partial charge on any atom is -0.336 e. The van der Waals surface area contributed by atoms with E-state index in [0.29, 0.717) is 12.5 Å². The molecule has 1 heterocycles. The number of carbonyl (C=O) groups excluding carboxylic acids is 1. The smallest absolute Gasteiger partial charge is 0.270 e. The number of aryl methyl sites for hydroxylation is 1. The van der Waals surface area contributed by atoms with Crippen LogP contribution in [0.3, 0.4) is 0 Å². The highest BCUT2D eigenvalue weighted by atomic mass is 19.1. The van der Waals surface area contributed by atoms with Crippen molar-refractivity contribution in [2.24, 2.45) is 5.92 Å². The van der Waals surface area contributed by atoms with E-state index in [2.05, 4.69) is 6.92 Å². The van der Waals surface area contributed by atoms with Gasteiger partial charge < -0.3 is 4.90 Å². The fourth-order valence-electron chi connectivity index (χ4n) is 2.88. The van der Waals surface area contributed by atoms with Gasteiger partial charge in [0.1, 0.15) is 5.82 Å². The average molecular weight is 294 g/mol. The van der Waals surface area contributed by atoms with Crippen LogP contribution >= 0.6 is 0 Å². The lowest BCUT2D eigenvalue weighted by atomic mass is 9.92. The number of hydrogen-bond acceptors (Lipinski definition) is 3. The summed E-state index contributed by atoms with van der Waals surface area (Å²) in [6.07, 6.45) is 1.73. The van der Waals surface area contributed by atoms with E-state index in [1.165, 1.54) is 6.92 Å². The second kappa shape index (κ2) is 5.79. The second-order valence-corrected chi connectivity index (χ2v) is 5.86. The highest BCUT2D eigenvalue weighted by molar-refractivity contribution is 5.95. The Kier molecular flexibility index (Phi) is 4.25. The number of benzene rings is 1. The number of nitrogens with zero attached hydrogens (tertiary/aromatic N) is 2. The Hall–Kier alpha value is -1.98. The number of nitro benzene ring substituents is 1. The van der Waals surface area contributed by atoms with Crippen LogP contribution in [0.15, 0.2) is 12.1 Å². The van der Waals surface area contributed by atoms with Crippen molar-refractivity contribution in [3.8, 4) is 0 Å². The molecule has 1 aromatic carbocycles. The zero-order valence-corrected chi connectivity index (χ0v) is 12.4. The van der Waals surface area contributed by atoms with Crippen LogP contribution in [0, 0.1) is 28.8 Å². The molecule has 0 N–H and O–H groups in total. The highest BCUT2D eigenvalue weighted by Gasteiger charge is 2.30. The molecule has 1 aliphatic rings. The van der Waals surface area contributed by atoms with Crippen LogP contribution < -0.4 is 0 Å². The topological polar surface area (TPSA) is 63.5 Å². The minimum absolute atomic E-state index is 0.0141. The summed E-state index contributed by atoms with van der Waals surface area (Å²) in [5, 5.41) is 10.9. The molecule has 1 amide bonds. The van der Waals surface area contributed by atoms with E-state index in [1.54, 1.807) is 4.90 Å². The van der Waals surface area contributed by atoms with Crippen LogP contribution in [0.4, 0.5) is 10.1 Å². The molecule has 0 aromatic heterocycles. The zero-order valence-electron chi connectivity index (χ0n) is 12.4. The number of likely N-dealkylation sites (tertiary alicyclic amines) is 1. The number of piperidine rings is 1. The van der Waals surface area contributed by atoms with Gasteiger partial charge in [-0.05, 0) is 38.2 Å². The van der Waals surface area contributed by atoms with Crippen LogP contribution in [-0.2, 0) is 0 Å². The van der Waals surface area contributed by atoms with Gasteiger partial charge in [0.25, 0.3) is 11.6 Å². The van der Waals surface area contributed by atoms with Gasteiger partial charge in [-0.25, -0.2) is 4.39 Å². The lowest BCUT2D eigenvalue weighted by molar-refractivity contribution is -0.385. The van der Waals surface area contributed by atoms with Crippen LogP contribution in [0.1, 0.15) is 42.6 Å². The second-order valence-electron chi connectivity index (χ2n) is 5.86. The van der Waals surface area contributed by atoms with Crippen molar-refractivity contribution in [3.63, 3.8) is 0 Å². The molecular formula is C15H19FN2O3. The van der Waals surface area contributed by atoms with Gasteiger partial charge in [-0.3, -0.25) is 14.9 Å². The maximum absolute atomic E-state index is 14.2. The Morgan fingerprint density at radius 2 is 2.10 bits per heavy atom. The molecule has 1 saturated heterocycles. The van der Waals surface area contributed by atoms with Crippen LogP contribution in [-0.4, -0.2) is 28.3 Å². The van der Waals surface area contributed by atoms with Crippen molar-refractivity contribution in [3.05, 3.63) is 39.2 Å². The number of carbonyl (C=O) groups is 1. The molecule has 0 bridgehead atoms. The summed E-state index contributed by atoms with van der Waals surface area (Å²) in [6, 6.07) is 2.20. The quantitative estimate of drug-likeness (QED) is 0.621. The standard InChI is InChI=1S/C15H19FN2O3/c1-9-4-5-17(11(3)6-9)15(19)13-8-12(18(20)21)7-10(2)14(13)16/h7-9,11H,4-6H2,1-3H3. The number of amides is 1. The normalized spacial score (nSPS) is 22.2. The summed E-state index contributed by atoms with van der Waals surface area (Å²) < 4.78 is 14.2. The molecule has 2 unspecified atom stereocenters. The molecule has 1 aliphatic heterocycles. The summed E-state index contributed by atoms with van der Waals surface area (Å²) in [4.78, 5) is 24.4. The molecule has 1 aromatic rings. The molecule has 2 rings (SSSR count). The first kappa shape index (κ1) is 15.4. The van der Waals surface area contributed by atoms with Crippen molar-refractivity contribution < 1.29 is 14.1 Å². The number of non-ortho nitro benzene ring substituents is 1. The molecule has 21 heavy (non-hydrogen) atoms. The van der Waals surface area contributed by atoms with E-state index >= 15 is 0 Å². The van der Waals surface area contributed by atoms with E-state index in [0.717, 1.165) is 25.0 Å². The fraction of sp³-hybridized carbons (Fsp3) is 0.533. The first-order valence-electron chi connectivity index (χ1n) is 7.06. The van der Waals surface area contributed by atoms with Gasteiger partial charge in [0.15, 0.2) is 0 Å². The molecule has 6 heteroatoms. The molecule has 0 radical (unpaired) electrons. The van der Waals surface area contributed by atoms with Gasteiger partial charge in [0.05, 0.1) is 10.5 Å². The van der Waals surface area contributed by atoms with Crippen LogP contribution in [0.5, 0.6) is 0 Å². The third-order valence-corrected chi connectivity index (χ3v) is 4.08. The number of nitro groups is 1. The lowest BCUT2D eigenvalue weighted by Crippen LogP contribution is -2.44. The SMILES string of the molecule is Cc1cc([N+](=O)[O-])cc(C(=O)N2CCC(C)CC2C)c1F. The summed E-state index contributed by atoms with van der Waals surface area (Å²) >= 11 is 0. The lowest BCUT2D eigenvalue weighted by Gasteiger charge is -2.36. The maximum Gasteiger partial charge on any atom is 0.270 e. The maximum atomic E-state index is 14.2. The predicted octanol–water partition coefficient (Wildman–Crippen LogP) is 3.30. The average Bonchev–Trinajstić information content (AvgIpc) is 2.40. The van der Waals surface area contributed by atoms with Gasteiger partial charge in [-0.1, -0.05) is 6.92 Å². The van der Waals surface area contributed by atoms with Gasteiger partial charge in [0, 0.05) is 24.7 Å². The van der Waals surface area contributed by atoms with Gasteiger partial charge in [0.2, 0.25) is 0 Å². The van der Waals surface area contributed by atoms with E-state index in [9.17, 15) is 19.3 Å². The molecule has 0 aliphatic carbocycles. The molecule has 0 spiro atoms. The van der Waals surface area contributed by atoms with Crippen LogP contribution in [0.2, 0.25) is 0 Å². The first-order chi connectivity index (χ1) is 9.81. The molecular weight excluding hydrogens is 275 g/mol. The van der Waals surface area contributed by atoms with Crippen molar-refractivity contribution in [1.29, 1.82) is 0 Å². The Labute approximate surface area is 122 Å². The fourth-order valence-corrected chi connectivity index (χ4v) is 2.88. The summed E-state index contributed by atoms with van der Waals surface area (Å²) in [7, 11) is 0. The van der Waals surface area contributed by atoms with Crippen molar-refractivity contribution in [2.45, 2.75) is 39.7 Å². The van der Waals surface area contributed by atoms with Crippen LogP contribution in [0.25, 0.3) is 0 Å². The predicted molar refractivity (Wildman–Crippen MR) is 76.7 cm³/mol. The van der Waals surface area contributed by atoms with Gasteiger partial charge >= 0.3 is 0 Å². The Morgan fingerprint density at radius 1 is 1.43 bits per heavy atom. The van der Waals surface area contributed by atoms with E-state index in [-0.39, 0.29) is 22.9 Å².